The Morgan fingerprint density at radius 3 is 1.11 bits per heavy atom. The highest BCUT2D eigenvalue weighted by atomic mass is 32.2. The minimum absolute atomic E-state index is 0.0113. The quantitative estimate of drug-likeness (QED) is 0.0352. The van der Waals surface area contributed by atoms with Gasteiger partial charge in [0.15, 0.2) is 0 Å². The monoisotopic (exact) mass is 1420 g/mol. The van der Waals surface area contributed by atoms with Gasteiger partial charge in [-0.2, -0.15) is 11.8 Å². The first-order valence-corrected chi connectivity index (χ1v) is 36.3. The number of primary amides is 1. The molecule has 99 heavy (non-hydrogen) atoms. The van der Waals surface area contributed by atoms with Crippen molar-refractivity contribution >= 4 is 88.6 Å². The van der Waals surface area contributed by atoms with Gasteiger partial charge in [-0.15, -0.1) is 0 Å². The summed E-state index contributed by atoms with van der Waals surface area (Å²) >= 11 is 1.40. The summed E-state index contributed by atoms with van der Waals surface area (Å²) in [5, 5.41) is 32.4. The fourth-order valence-electron chi connectivity index (χ4n) is 10.6. The van der Waals surface area contributed by atoms with Gasteiger partial charge in [-0.3, -0.25) is 62.3 Å². The zero-order valence-corrected chi connectivity index (χ0v) is 61.4. The molecule has 0 fully saturated rings. The number of nitrogens with two attached hydrogens (primary N) is 5. The highest BCUT2D eigenvalue weighted by molar-refractivity contribution is 7.98. The summed E-state index contributed by atoms with van der Waals surface area (Å²) < 4.78 is 0. The van der Waals surface area contributed by atoms with Crippen molar-refractivity contribution in [3.63, 3.8) is 0 Å². The molecule has 562 valence electrons. The second-order valence-corrected chi connectivity index (χ2v) is 28.3. The first kappa shape index (κ1) is 89.5. The molecule has 0 unspecified atom stereocenters. The maximum absolute atomic E-state index is 14.6. The molecule has 22 N–H and O–H groups in total. The van der Waals surface area contributed by atoms with E-state index in [0.29, 0.717) is 50.8 Å². The number of amides is 13. The van der Waals surface area contributed by atoms with Crippen LogP contribution in [-0.2, 0) is 68.7 Å². The number of unbranched alkanes of at least 4 members (excludes halogenated alkanes) is 3. The van der Waals surface area contributed by atoms with Crippen LogP contribution in [0.15, 0.2) is 30.3 Å². The Hall–Kier alpha value is -7.48. The molecular formula is C68H121N17O13S. The minimum atomic E-state index is -1.26. The maximum atomic E-state index is 14.6. The number of benzene rings is 1. The Balaban J connectivity index is 3.47. The summed E-state index contributed by atoms with van der Waals surface area (Å²) in [6.45, 7) is 19.4. The lowest BCUT2D eigenvalue weighted by Crippen LogP contribution is -2.61. The van der Waals surface area contributed by atoms with E-state index in [9.17, 15) is 62.3 Å². The number of hydrogen-bond acceptors (Lipinski definition) is 18. The van der Waals surface area contributed by atoms with Crippen LogP contribution in [0.3, 0.4) is 0 Å². The summed E-state index contributed by atoms with van der Waals surface area (Å²) in [6.07, 6.45) is 5.43. The molecule has 13 amide bonds. The van der Waals surface area contributed by atoms with Crippen molar-refractivity contribution in [3.05, 3.63) is 35.9 Å². The predicted molar refractivity (Wildman–Crippen MR) is 383 cm³/mol. The molecule has 0 heterocycles. The third-order valence-corrected chi connectivity index (χ3v) is 16.6. The normalized spacial score (nSPS) is 14.7. The Kier molecular flexibility index (Phi) is 44.4. The van der Waals surface area contributed by atoms with Crippen molar-refractivity contribution < 1.29 is 62.3 Å². The van der Waals surface area contributed by atoms with E-state index in [2.05, 4.69) is 63.8 Å². The van der Waals surface area contributed by atoms with Crippen molar-refractivity contribution in [2.24, 2.45) is 58.3 Å². The molecule has 1 aromatic carbocycles. The smallest absolute Gasteiger partial charge is 0.243 e. The van der Waals surface area contributed by atoms with Gasteiger partial charge >= 0.3 is 0 Å². The van der Waals surface area contributed by atoms with Crippen LogP contribution >= 0.6 is 11.8 Å². The Morgan fingerprint density at radius 2 is 0.727 bits per heavy atom. The summed E-state index contributed by atoms with van der Waals surface area (Å²) in [5.41, 5.74) is 29.3. The number of hydrogen-bond donors (Lipinski definition) is 17. The Morgan fingerprint density at radius 1 is 0.374 bits per heavy atom. The van der Waals surface area contributed by atoms with Gasteiger partial charge in [0, 0.05) is 6.42 Å². The zero-order valence-electron chi connectivity index (χ0n) is 60.6. The van der Waals surface area contributed by atoms with E-state index in [1.54, 1.807) is 50.4 Å². The van der Waals surface area contributed by atoms with Gasteiger partial charge in [-0.05, 0) is 164 Å². The van der Waals surface area contributed by atoms with E-state index in [1.807, 2.05) is 55.4 Å². The third-order valence-electron chi connectivity index (χ3n) is 15.9. The molecule has 0 aliphatic carbocycles. The second-order valence-electron chi connectivity index (χ2n) is 27.3. The van der Waals surface area contributed by atoms with Crippen molar-refractivity contribution in [3.8, 4) is 0 Å². The van der Waals surface area contributed by atoms with Crippen molar-refractivity contribution in [1.29, 1.82) is 0 Å². The standard InChI is InChI=1S/C68H121N17O13S/c1-39(2)32-50(58(73)88)81-68(98)57(43(9)10)85-64(94)48(26-18-21-30-71)78-62(92)46(24-16-19-28-69)79-66(96)52(34-41(5)6)84-67(97)53(35-42(7)8)83-63(93)47(25-17-20-29-70)80-65(95)51(33-40(3)4)82-59(89)44(11)75-61(91)49(27-31-99-12)76-56(87)38-74-60(90)54(77-55(86)37-72)36-45-22-14-13-15-23-45/h13-15,22-23,39-44,46-54,57H,16-21,24-38,69-72H2,1-12H3,(H2,73,88)(H,74,90)(H,75,91)(H,76,87)(H,77,86)(H,78,92)(H,79,96)(H,80,95)(H,81,98)(H,82,89)(H,83,93)(H,84,97)(H,85,94)/t44-,46-,47-,48-,49-,50-,51-,52-,53-,54-,57-/m0/s1. The van der Waals surface area contributed by atoms with Crippen LogP contribution in [0.1, 0.15) is 172 Å². The lowest BCUT2D eigenvalue weighted by atomic mass is 9.98. The average Bonchev–Trinajstić information content (AvgIpc) is 0.878. The SMILES string of the molecule is CSCC[C@H](NC(=O)CNC(=O)[C@H](Cc1ccccc1)NC(=O)CN)C(=O)N[C@@H](C)C(=O)N[C@@H](CC(C)C)C(=O)N[C@@H](CCCCN)C(=O)N[C@@H](CC(C)C)C(=O)N[C@@H](CC(C)C)C(=O)N[C@@H](CCCCN)C(=O)N[C@@H](CCCCN)C(=O)N[C@H](C(=O)N[C@@H](CC(C)C)C(N)=O)C(C)C. The van der Waals surface area contributed by atoms with Crippen LogP contribution in [0.25, 0.3) is 0 Å². The van der Waals surface area contributed by atoms with E-state index in [1.165, 1.54) is 18.7 Å². The van der Waals surface area contributed by atoms with Crippen LogP contribution in [0, 0.1) is 29.6 Å². The Labute approximate surface area is 590 Å². The minimum Gasteiger partial charge on any atom is -0.368 e. The van der Waals surface area contributed by atoms with Gasteiger partial charge < -0.3 is 92.5 Å². The van der Waals surface area contributed by atoms with Gasteiger partial charge in [0.25, 0.3) is 0 Å². The van der Waals surface area contributed by atoms with E-state index < -0.39 is 156 Å². The molecule has 0 saturated heterocycles. The largest absolute Gasteiger partial charge is 0.368 e. The fraction of sp³-hybridized carbons (Fsp3) is 0.721. The Bertz CT molecular complexity index is 2710. The molecule has 0 spiro atoms. The van der Waals surface area contributed by atoms with Crippen LogP contribution in [0.5, 0.6) is 0 Å². The molecule has 0 saturated carbocycles. The van der Waals surface area contributed by atoms with Crippen molar-refractivity contribution in [2.75, 3.05) is 44.7 Å². The van der Waals surface area contributed by atoms with Crippen molar-refractivity contribution in [2.45, 2.75) is 239 Å². The van der Waals surface area contributed by atoms with Crippen molar-refractivity contribution in [1.82, 2.24) is 63.8 Å². The van der Waals surface area contributed by atoms with Crippen LogP contribution in [0.4, 0.5) is 0 Å². The molecule has 0 radical (unpaired) electrons. The first-order chi connectivity index (χ1) is 46.7. The predicted octanol–water partition coefficient (Wildman–Crippen LogP) is -0.877. The van der Waals surface area contributed by atoms with Gasteiger partial charge in [-0.1, -0.05) is 99.6 Å². The molecule has 11 atom stereocenters. The summed E-state index contributed by atoms with van der Waals surface area (Å²) in [7, 11) is 0. The van der Waals surface area contributed by atoms with Gasteiger partial charge in [0.2, 0.25) is 76.8 Å². The third kappa shape index (κ3) is 37.0. The fourth-order valence-corrected chi connectivity index (χ4v) is 11.0. The molecule has 0 bridgehead atoms. The summed E-state index contributed by atoms with van der Waals surface area (Å²) in [6, 6.07) is -4.16. The van der Waals surface area contributed by atoms with E-state index in [4.69, 9.17) is 28.7 Å². The lowest BCUT2D eigenvalue weighted by Gasteiger charge is -2.29. The van der Waals surface area contributed by atoms with E-state index in [-0.39, 0.29) is 101 Å². The number of carbonyl (C=O) groups is 13. The number of rotatable bonds is 51. The molecule has 30 nitrogen and oxygen atoms in total. The van der Waals surface area contributed by atoms with E-state index in [0.717, 1.165) is 5.56 Å². The second kappa shape index (κ2) is 49.1. The van der Waals surface area contributed by atoms with E-state index >= 15 is 0 Å². The first-order valence-electron chi connectivity index (χ1n) is 34.9. The number of thioether (sulfide) groups is 1. The highest BCUT2D eigenvalue weighted by Gasteiger charge is 2.37. The average molecular weight is 1420 g/mol. The molecular weight excluding hydrogens is 1290 g/mol. The van der Waals surface area contributed by atoms with Gasteiger partial charge in [0.05, 0.1) is 13.1 Å². The lowest BCUT2D eigenvalue weighted by molar-refractivity contribution is -0.136. The highest BCUT2D eigenvalue weighted by Crippen LogP contribution is 2.16. The molecule has 1 aromatic rings. The molecule has 0 aliphatic heterocycles. The summed E-state index contributed by atoms with van der Waals surface area (Å²) in [5.74, 6) is -9.80. The van der Waals surface area contributed by atoms with Gasteiger partial charge in [0.1, 0.15) is 66.5 Å². The topological polar surface area (TPSA) is 496 Å². The molecule has 0 aromatic heterocycles. The molecule has 31 heteroatoms. The summed E-state index contributed by atoms with van der Waals surface area (Å²) in [4.78, 5) is 179. The van der Waals surface area contributed by atoms with Crippen LogP contribution in [0.2, 0.25) is 0 Å². The maximum Gasteiger partial charge on any atom is 0.243 e. The molecule has 1 rings (SSSR count). The molecule has 0 aliphatic rings. The number of carbonyl (C=O) groups excluding carboxylic acids is 13. The van der Waals surface area contributed by atoms with Crippen LogP contribution < -0.4 is 92.5 Å². The zero-order chi connectivity index (χ0) is 74.9. The van der Waals surface area contributed by atoms with Crippen LogP contribution in [-0.4, -0.2) is 188 Å². The van der Waals surface area contributed by atoms with Gasteiger partial charge in [-0.25, -0.2) is 0 Å². The number of nitrogens with one attached hydrogen (secondary N) is 12.